The van der Waals surface area contributed by atoms with Gasteiger partial charge in [-0.05, 0) is 46.9 Å². The maximum Gasteiger partial charge on any atom is 0.254 e. The highest BCUT2D eigenvalue weighted by Gasteiger charge is 2.09. The zero-order valence-electron chi connectivity index (χ0n) is 10.9. The summed E-state index contributed by atoms with van der Waals surface area (Å²) in [6.45, 7) is 0. The van der Waals surface area contributed by atoms with Crippen molar-refractivity contribution in [2.45, 2.75) is 0 Å². The second-order valence-corrected chi connectivity index (χ2v) is 5.59. The van der Waals surface area contributed by atoms with Crippen LogP contribution in [0.2, 0.25) is 0 Å². The summed E-state index contributed by atoms with van der Waals surface area (Å²) >= 11 is 2.18. The van der Waals surface area contributed by atoms with E-state index < -0.39 is 5.91 Å². The van der Waals surface area contributed by atoms with E-state index in [1.54, 1.807) is 6.07 Å². The molecule has 2 aromatic carbocycles. The van der Waals surface area contributed by atoms with Crippen molar-refractivity contribution in [1.82, 2.24) is 0 Å². The van der Waals surface area contributed by atoms with E-state index in [1.165, 1.54) is 0 Å². The Morgan fingerprint density at radius 2 is 1.81 bits per heavy atom. The molecule has 3 aromatic rings. The molecule has 0 aliphatic heterocycles. The van der Waals surface area contributed by atoms with Crippen molar-refractivity contribution in [3.8, 4) is 0 Å². The number of halogens is 1. The molecule has 0 aliphatic rings. The third-order valence-electron chi connectivity index (χ3n) is 3.00. The standard InChI is InChI=1S/C16H11IN2O2/c17-12-6-2-3-7-13(12)19-16-11(15(18)20)9-10-5-1-4-8-14(10)21-16/h1-9H,(H2,18,20). The maximum atomic E-state index is 11.6. The molecule has 5 heteroatoms. The van der Waals surface area contributed by atoms with E-state index >= 15 is 0 Å². The van der Waals surface area contributed by atoms with Crippen molar-refractivity contribution in [3.05, 3.63) is 69.3 Å². The minimum Gasteiger partial charge on any atom is -0.438 e. The third kappa shape index (κ3) is 2.82. The van der Waals surface area contributed by atoms with Crippen LogP contribution in [0.1, 0.15) is 10.4 Å². The molecule has 0 aliphatic carbocycles. The Labute approximate surface area is 134 Å². The first-order valence-corrected chi connectivity index (χ1v) is 7.35. The summed E-state index contributed by atoms with van der Waals surface area (Å²) in [5.41, 5.74) is 7.33. The predicted molar refractivity (Wildman–Crippen MR) is 89.1 cm³/mol. The summed E-state index contributed by atoms with van der Waals surface area (Å²) in [6, 6.07) is 16.7. The van der Waals surface area contributed by atoms with Crippen LogP contribution in [0.25, 0.3) is 11.0 Å². The van der Waals surface area contributed by atoms with Crippen LogP contribution in [0.3, 0.4) is 0 Å². The number of nitrogens with zero attached hydrogens (tertiary/aromatic N) is 1. The Balaban J connectivity index is 2.32. The highest BCUT2D eigenvalue weighted by Crippen LogP contribution is 2.20. The number of hydrogen-bond acceptors (Lipinski definition) is 3. The lowest BCUT2D eigenvalue weighted by atomic mass is 10.2. The Hall–Kier alpha value is -2.15. The largest absolute Gasteiger partial charge is 0.438 e. The zero-order valence-corrected chi connectivity index (χ0v) is 13.1. The van der Waals surface area contributed by atoms with Gasteiger partial charge in [0, 0.05) is 8.96 Å². The molecule has 1 aromatic heterocycles. The van der Waals surface area contributed by atoms with Crippen LogP contribution in [-0.2, 0) is 0 Å². The van der Waals surface area contributed by atoms with Gasteiger partial charge in [0.15, 0.2) is 0 Å². The third-order valence-corrected chi connectivity index (χ3v) is 3.91. The van der Waals surface area contributed by atoms with E-state index in [-0.39, 0.29) is 11.1 Å². The molecule has 0 saturated heterocycles. The minimum atomic E-state index is -0.561. The van der Waals surface area contributed by atoms with Crippen LogP contribution in [0.15, 0.2) is 64.0 Å². The van der Waals surface area contributed by atoms with E-state index in [1.807, 2.05) is 48.5 Å². The van der Waals surface area contributed by atoms with Crippen LogP contribution >= 0.6 is 22.6 Å². The minimum absolute atomic E-state index is 0.227. The summed E-state index contributed by atoms with van der Waals surface area (Å²) < 4.78 is 6.71. The van der Waals surface area contributed by atoms with Crippen molar-refractivity contribution in [1.29, 1.82) is 0 Å². The van der Waals surface area contributed by atoms with Crippen molar-refractivity contribution < 1.29 is 9.21 Å². The van der Waals surface area contributed by atoms with Crippen molar-refractivity contribution in [2.75, 3.05) is 0 Å². The number of primary amides is 1. The SMILES string of the molecule is NC(=O)c1cc2ccccc2oc1=Nc1ccccc1I. The summed E-state index contributed by atoms with van der Waals surface area (Å²) in [7, 11) is 0. The van der Waals surface area contributed by atoms with Crippen LogP contribution in [0.5, 0.6) is 0 Å². The fourth-order valence-electron chi connectivity index (χ4n) is 1.98. The smallest absolute Gasteiger partial charge is 0.254 e. The Kier molecular flexibility index (Phi) is 3.74. The molecule has 2 N–H and O–H groups in total. The summed E-state index contributed by atoms with van der Waals surface area (Å²) in [5, 5.41) is 0.813. The molecular formula is C16H11IN2O2. The average Bonchev–Trinajstić information content (AvgIpc) is 2.48. The molecular weight excluding hydrogens is 379 g/mol. The second kappa shape index (κ2) is 5.69. The van der Waals surface area contributed by atoms with Gasteiger partial charge in [-0.15, -0.1) is 0 Å². The molecule has 1 amide bonds. The highest BCUT2D eigenvalue weighted by atomic mass is 127. The number of carbonyl (C=O) groups excluding carboxylic acids is 1. The van der Waals surface area contributed by atoms with E-state index in [2.05, 4.69) is 27.6 Å². The first kappa shape index (κ1) is 13.8. The maximum absolute atomic E-state index is 11.6. The number of para-hydroxylation sites is 2. The van der Waals surface area contributed by atoms with Gasteiger partial charge in [0.25, 0.3) is 5.91 Å². The Morgan fingerprint density at radius 3 is 2.57 bits per heavy atom. The molecule has 21 heavy (non-hydrogen) atoms. The Bertz CT molecular complexity index is 900. The number of amides is 1. The molecule has 1 heterocycles. The lowest BCUT2D eigenvalue weighted by Crippen LogP contribution is -2.21. The van der Waals surface area contributed by atoms with Crippen LogP contribution in [-0.4, -0.2) is 5.91 Å². The topological polar surface area (TPSA) is 68.6 Å². The van der Waals surface area contributed by atoms with Crippen molar-refractivity contribution in [3.63, 3.8) is 0 Å². The van der Waals surface area contributed by atoms with Gasteiger partial charge in [-0.3, -0.25) is 4.79 Å². The molecule has 0 spiro atoms. The van der Waals surface area contributed by atoms with Crippen molar-refractivity contribution >= 4 is 45.2 Å². The van der Waals surface area contributed by atoms with Crippen molar-refractivity contribution in [2.24, 2.45) is 10.7 Å². The lowest BCUT2D eigenvalue weighted by molar-refractivity contribution is 0.0996. The molecule has 4 nitrogen and oxygen atoms in total. The lowest BCUT2D eigenvalue weighted by Gasteiger charge is -2.02. The van der Waals surface area contributed by atoms with Gasteiger partial charge in [0.2, 0.25) is 5.55 Å². The van der Waals surface area contributed by atoms with E-state index in [0.717, 1.165) is 14.6 Å². The highest BCUT2D eigenvalue weighted by molar-refractivity contribution is 14.1. The van der Waals surface area contributed by atoms with E-state index in [9.17, 15) is 4.79 Å². The summed E-state index contributed by atoms with van der Waals surface area (Å²) in [5.74, 6) is -0.561. The van der Waals surface area contributed by atoms with Gasteiger partial charge in [0.1, 0.15) is 11.1 Å². The van der Waals surface area contributed by atoms with Gasteiger partial charge in [-0.1, -0.05) is 30.3 Å². The molecule has 0 radical (unpaired) electrons. The quantitative estimate of drug-likeness (QED) is 0.682. The fraction of sp³-hybridized carbons (Fsp3) is 0. The fourth-order valence-corrected chi connectivity index (χ4v) is 2.49. The van der Waals surface area contributed by atoms with Gasteiger partial charge in [-0.2, -0.15) is 0 Å². The Morgan fingerprint density at radius 1 is 1.10 bits per heavy atom. The molecule has 0 atom stereocenters. The van der Waals surface area contributed by atoms with E-state index in [0.29, 0.717) is 5.58 Å². The molecule has 0 saturated carbocycles. The van der Waals surface area contributed by atoms with Gasteiger partial charge < -0.3 is 10.2 Å². The van der Waals surface area contributed by atoms with Gasteiger partial charge in [0.05, 0.1) is 5.69 Å². The summed E-state index contributed by atoms with van der Waals surface area (Å²) in [4.78, 5) is 16.1. The normalized spacial score (nSPS) is 11.8. The predicted octanol–water partition coefficient (Wildman–Crippen LogP) is 3.37. The number of hydrogen-bond donors (Lipinski definition) is 1. The number of nitrogens with two attached hydrogens (primary N) is 1. The molecule has 104 valence electrons. The number of rotatable bonds is 2. The zero-order chi connectivity index (χ0) is 14.8. The van der Waals surface area contributed by atoms with E-state index in [4.69, 9.17) is 10.2 Å². The van der Waals surface area contributed by atoms with Crippen LogP contribution < -0.4 is 11.3 Å². The number of fused-ring (bicyclic) bond motifs is 1. The summed E-state index contributed by atoms with van der Waals surface area (Å²) in [6.07, 6.45) is 0. The number of carbonyl (C=O) groups is 1. The monoisotopic (exact) mass is 390 g/mol. The van der Waals surface area contributed by atoms with Gasteiger partial charge in [-0.25, -0.2) is 4.99 Å². The molecule has 0 bridgehead atoms. The average molecular weight is 390 g/mol. The molecule has 0 fully saturated rings. The molecule has 0 unspecified atom stereocenters. The second-order valence-electron chi connectivity index (χ2n) is 4.43. The first-order valence-electron chi connectivity index (χ1n) is 6.27. The van der Waals surface area contributed by atoms with Crippen LogP contribution in [0, 0.1) is 3.57 Å². The molecule has 3 rings (SSSR count). The number of benzene rings is 2. The van der Waals surface area contributed by atoms with Gasteiger partial charge >= 0.3 is 0 Å². The van der Waals surface area contributed by atoms with Crippen LogP contribution in [0.4, 0.5) is 5.69 Å². The first-order chi connectivity index (χ1) is 10.1.